The molecule has 1 nitrogen and oxygen atoms in total. The number of halogens is 2. The maximum Gasteiger partial charge on any atom is 0.129 e. The number of rotatable bonds is 5. The molecule has 0 bridgehead atoms. The van der Waals surface area contributed by atoms with Crippen LogP contribution in [0, 0.1) is 11.6 Å². The van der Waals surface area contributed by atoms with Crippen LogP contribution in [-0.4, -0.2) is 13.1 Å². The van der Waals surface area contributed by atoms with Gasteiger partial charge < -0.3 is 5.32 Å². The number of nitrogens with one attached hydrogen (secondary N) is 1. The van der Waals surface area contributed by atoms with E-state index >= 15 is 0 Å². The van der Waals surface area contributed by atoms with Gasteiger partial charge in [-0.2, -0.15) is 0 Å². The van der Waals surface area contributed by atoms with E-state index in [1.807, 2.05) is 20.8 Å². The molecule has 0 fully saturated rings. The number of benzene rings is 1. The molecule has 0 aliphatic rings. The second kappa shape index (κ2) is 5.39. The van der Waals surface area contributed by atoms with Gasteiger partial charge in [0.2, 0.25) is 0 Å². The highest BCUT2D eigenvalue weighted by Crippen LogP contribution is 2.29. The van der Waals surface area contributed by atoms with Gasteiger partial charge in [-0.25, -0.2) is 8.78 Å². The maximum absolute atomic E-state index is 13.6. The van der Waals surface area contributed by atoms with Crippen LogP contribution in [0.25, 0.3) is 0 Å². The number of hydrogen-bond acceptors (Lipinski definition) is 1. The lowest BCUT2D eigenvalue weighted by Crippen LogP contribution is -2.26. The van der Waals surface area contributed by atoms with Gasteiger partial charge in [0.25, 0.3) is 0 Å². The van der Waals surface area contributed by atoms with Crippen LogP contribution in [0.1, 0.15) is 32.8 Å². The molecule has 0 atom stereocenters. The highest BCUT2D eigenvalue weighted by atomic mass is 19.1. The molecule has 0 amide bonds. The Morgan fingerprint density at radius 2 is 1.94 bits per heavy atom. The fourth-order valence-electron chi connectivity index (χ4n) is 1.75. The van der Waals surface area contributed by atoms with Gasteiger partial charge in [0.05, 0.1) is 0 Å². The lowest BCUT2D eigenvalue weighted by atomic mass is 9.81. The Morgan fingerprint density at radius 1 is 1.25 bits per heavy atom. The third-order valence-corrected chi connectivity index (χ3v) is 2.84. The number of hydrogen-bond donors (Lipinski definition) is 1. The first-order valence-electron chi connectivity index (χ1n) is 5.63. The average Bonchev–Trinajstić information content (AvgIpc) is 2.17. The van der Waals surface area contributed by atoms with Crippen LogP contribution in [0.2, 0.25) is 0 Å². The molecule has 0 spiro atoms. The predicted molar refractivity (Wildman–Crippen MR) is 62.5 cm³/mol. The van der Waals surface area contributed by atoms with E-state index in [-0.39, 0.29) is 5.41 Å². The van der Waals surface area contributed by atoms with Gasteiger partial charge in [-0.05, 0) is 36.6 Å². The van der Waals surface area contributed by atoms with Crippen molar-refractivity contribution in [1.82, 2.24) is 5.32 Å². The van der Waals surface area contributed by atoms with E-state index in [1.54, 1.807) is 0 Å². The summed E-state index contributed by atoms with van der Waals surface area (Å²) in [6.45, 7) is 7.72. The Kier molecular flexibility index (Phi) is 4.42. The van der Waals surface area contributed by atoms with Gasteiger partial charge in [0.15, 0.2) is 0 Å². The van der Waals surface area contributed by atoms with Crippen molar-refractivity contribution in [1.29, 1.82) is 0 Å². The fraction of sp³-hybridized carbons (Fsp3) is 0.538. The minimum absolute atomic E-state index is 0.278. The maximum atomic E-state index is 13.6. The molecule has 16 heavy (non-hydrogen) atoms. The SMILES string of the molecule is CCNCCC(C)(C)c1ccc(F)cc1F. The van der Waals surface area contributed by atoms with Crippen molar-refractivity contribution in [2.45, 2.75) is 32.6 Å². The van der Waals surface area contributed by atoms with Crippen LogP contribution in [0.4, 0.5) is 8.78 Å². The summed E-state index contributed by atoms with van der Waals surface area (Å²) in [5, 5.41) is 3.21. The van der Waals surface area contributed by atoms with Crippen molar-refractivity contribution in [3.05, 3.63) is 35.4 Å². The van der Waals surface area contributed by atoms with Gasteiger partial charge in [-0.15, -0.1) is 0 Å². The molecule has 3 heteroatoms. The third-order valence-electron chi connectivity index (χ3n) is 2.84. The largest absolute Gasteiger partial charge is 0.317 e. The molecular formula is C13H19F2N. The zero-order valence-electron chi connectivity index (χ0n) is 10.1. The van der Waals surface area contributed by atoms with Gasteiger partial charge in [0.1, 0.15) is 11.6 Å². The Labute approximate surface area is 95.9 Å². The summed E-state index contributed by atoms with van der Waals surface area (Å²) >= 11 is 0. The Morgan fingerprint density at radius 3 is 2.50 bits per heavy atom. The van der Waals surface area contributed by atoms with E-state index in [2.05, 4.69) is 5.32 Å². The summed E-state index contributed by atoms with van der Waals surface area (Å²) in [6, 6.07) is 3.80. The van der Waals surface area contributed by atoms with E-state index in [0.29, 0.717) is 5.56 Å². The van der Waals surface area contributed by atoms with Crippen molar-refractivity contribution in [3.63, 3.8) is 0 Å². The second-order valence-corrected chi connectivity index (χ2v) is 4.61. The predicted octanol–water partition coefficient (Wildman–Crippen LogP) is 3.24. The minimum Gasteiger partial charge on any atom is -0.317 e. The van der Waals surface area contributed by atoms with Crippen molar-refractivity contribution in [2.75, 3.05) is 13.1 Å². The lowest BCUT2D eigenvalue weighted by Gasteiger charge is -2.25. The fourth-order valence-corrected chi connectivity index (χ4v) is 1.75. The molecule has 0 aromatic heterocycles. The van der Waals surface area contributed by atoms with E-state index in [4.69, 9.17) is 0 Å². The first-order valence-corrected chi connectivity index (χ1v) is 5.63. The van der Waals surface area contributed by atoms with Crippen molar-refractivity contribution in [2.24, 2.45) is 0 Å². The zero-order chi connectivity index (χ0) is 12.2. The molecule has 0 aliphatic carbocycles. The van der Waals surface area contributed by atoms with Crippen molar-refractivity contribution in [3.8, 4) is 0 Å². The van der Waals surface area contributed by atoms with Crippen LogP contribution < -0.4 is 5.32 Å². The van der Waals surface area contributed by atoms with Crippen molar-refractivity contribution < 1.29 is 8.78 Å². The van der Waals surface area contributed by atoms with Crippen molar-refractivity contribution >= 4 is 0 Å². The molecule has 0 radical (unpaired) electrons. The van der Waals surface area contributed by atoms with Crippen LogP contribution in [-0.2, 0) is 5.41 Å². The molecule has 1 aromatic rings. The molecule has 0 saturated carbocycles. The third kappa shape index (κ3) is 3.27. The van der Waals surface area contributed by atoms with Gasteiger partial charge in [-0.3, -0.25) is 0 Å². The molecule has 0 saturated heterocycles. The monoisotopic (exact) mass is 227 g/mol. The quantitative estimate of drug-likeness (QED) is 0.761. The summed E-state index contributed by atoms with van der Waals surface area (Å²) in [7, 11) is 0. The summed E-state index contributed by atoms with van der Waals surface area (Å²) in [5.74, 6) is -0.981. The Bertz CT molecular complexity index is 348. The van der Waals surface area contributed by atoms with E-state index in [1.165, 1.54) is 12.1 Å². The van der Waals surface area contributed by atoms with Gasteiger partial charge in [-0.1, -0.05) is 26.8 Å². The highest BCUT2D eigenvalue weighted by molar-refractivity contribution is 5.26. The first kappa shape index (κ1) is 13.1. The summed E-state index contributed by atoms with van der Waals surface area (Å²) in [4.78, 5) is 0. The Balaban J connectivity index is 2.80. The van der Waals surface area contributed by atoms with Crippen LogP contribution in [0.5, 0.6) is 0 Å². The standard InChI is InChI=1S/C13H19F2N/c1-4-16-8-7-13(2,3)11-6-5-10(14)9-12(11)15/h5-6,9,16H,4,7-8H2,1-3H3. The molecule has 0 unspecified atom stereocenters. The highest BCUT2D eigenvalue weighted by Gasteiger charge is 2.23. The molecule has 1 N–H and O–H groups in total. The summed E-state index contributed by atoms with van der Waals surface area (Å²) < 4.78 is 26.4. The molecule has 1 aromatic carbocycles. The zero-order valence-corrected chi connectivity index (χ0v) is 10.1. The molecular weight excluding hydrogens is 208 g/mol. The normalized spacial score (nSPS) is 11.8. The summed E-state index contributed by atoms with van der Waals surface area (Å²) in [5.41, 5.74) is 0.298. The summed E-state index contributed by atoms with van der Waals surface area (Å²) in [6.07, 6.45) is 0.823. The first-order chi connectivity index (χ1) is 7.47. The Hall–Kier alpha value is -0.960. The smallest absolute Gasteiger partial charge is 0.129 e. The van der Waals surface area contributed by atoms with E-state index in [0.717, 1.165) is 25.6 Å². The molecule has 90 valence electrons. The molecule has 0 heterocycles. The minimum atomic E-state index is -0.524. The molecule has 0 aliphatic heterocycles. The topological polar surface area (TPSA) is 12.0 Å². The van der Waals surface area contributed by atoms with Crippen LogP contribution in [0.15, 0.2) is 18.2 Å². The van der Waals surface area contributed by atoms with Gasteiger partial charge >= 0.3 is 0 Å². The van der Waals surface area contributed by atoms with Crippen LogP contribution in [0.3, 0.4) is 0 Å². The molecule has 1 rings (SSSR count). The second-order valence-electron chi connectivity index (χ2n) is 4.61. The van der Waals surface area contributed by atoms with E-state index < -0.39 is 11.6 Å². The van der Waals surface area contributed by atoms with Crippen LogP contribution >= 0.6 is 0 Å². The lowest BCUT2D eigenvalue weighted by molar-refractivity contribution is 0.434. The van der Waals surface area contributed by atoms with Gasteiger partial charge in [0, 0.05) is 6.07 Å². The van der Waals surface area contributed by atoms with E-state index in [9.17, 15) is 8.78 Å². The average molecular weight is 227 g/mol.